The maximum atomic E-state index is 15.1. The van der Waals surface area contributed by atoms with Crippen LogP contribution in [0.1, 0.15) is 5.56 Å². The number of halogens is 1. The highest BCUT2D eigenvalue weighted by Crippen LogP contribution is 2.43. The summed E-state index contributed by atoms with van der Waals surface area (Å²) in [5, 5.41) is 7.88. The number of H-pyrrole nitrogens is 1. The summed E-state index contributed by atoms with van der Waals surface area (Å²) in [7, 11) is 1.75. The van der Waals surface area contributed by atoms with E-state index in [0.717, 1.165) is 27.5 Å². The average molecular weight is 428 g/mol. The van der Waals surface area contributed by atoms with Gasteiger partial charge >= 0.3 is 6.01 Å². The van der Waals surface area contributed by atoms with Gasteiger partial charge in [-0.25, -0.2) is 14.4 Å². The Bertz CT molecular complexity index is 1510. The van der Waals surface area contributed by atoms with Crippen molar-refractivity contribution in [2.75, 3.05) is 23.4 Å². The van der Waals surface area contributed by atoms with Crippen molar-refractivity contribution < 1.29 is 9.13 Å². The fourth-order valence-corrected chi connectivity index (χ4v) is 4.10. The standard InChI is InChI=1S/C22H17FN8O/c1-25-15-6-13(23)12-9-26-14-5-3-2-4-11(14)18-17-16(12)19(15)29-20(17)31-22(30-18)32-10-7-27-21(24)28-8-10/h2-8,25-26H,9H2,1H3,(H2,24,27,28)(H,29,30,31). The summed E-state index contributed by atoms with van der Waals surface area (Å²) in [6, 6.07) is 9.34. The van der Waals surface area contributed by atoms with Gasteiger partial charge < -0.3 is 26.1 Å². The van der Waals surface area contributed by atoms with Gasteiger partial charge in [0, 0.05) is 35.8 Å². The Hall–Kier alpha value is -4.47. The molecule has 5 aromatic rings. The Balaban J connectivity index is 1.69. The molecule has 0 spiro atoms. The van der Waals surface area contributed by atoms with E-state index < -0.39 is 0 Å². The van der Waals surface area contributed by atoms with Gasteiger partial charge in [0.25, 0.3) is 0 Å². The number of para-hydroxylation sites is 1. The third kappa shape index (κ3) is 2.69. The van der Waals surface area contributed by atoms with Gasteiger partial charge in [0.05, 0.1) is 34.7 Å². The van der Waals surface area contributed by atoms with Crippen molar-refractivity contribution >= 4 is 39.3 Å². The Kier molecular flexibility index (Phi) is 3.88. The molecule has 158 valence electrons. The number of anilines is 3. The second kappa shape index (κ2) is 6.77. The number of aromatic nitrogens is 5. The fraction of sp³-hybridized carbons (Fsp3) is 0.0909. The van der Waals surface area contributed by atoms with Crippen LogP contribution in [0.2, 0.25) is 0 Å². The highest BCUT2D eigenvalue weighted by atomic mass is 19.1. The van der Waals surface area contributed by atoms with Crippen molar-refractivity contribution in [3.05, 3.63) is 54.1 Å². The zero-order valence-corrected chi connectivity index (χ0v) is 16.9. The lowest BCUT2D eigenvalue weighted by Gasteiger charge is -2.18. The first-order valence-electron chi connectivity index (χ1n) is 9.93. The lowest BCUT2D eigenvalue weighted by atomic mass is 9.98. The minimum absolute atomic E-state index is 0.107. The zero-order valence-electron chi connectivity index (χ0n) is 16.9. The first-order chi connectivity index (χ1) is 15.6. The van der Waals surface area contributed by atoms with Gasteiger partial charge in [-0.05, 0) is 12.1 Å². The molecule has 9 nitrogen and oxygen atoms in total. The lowest BCUT2D eigenvalue weighted by Crippen LogP contribution is -2.07. The molecule has 1 aliphatic rings. The number of nitrogens with one attached hydrogen (secondary N) is 3. The monoisotopic (exact) mass is 428 g/mol. The maximum Gasteiger partial charge on any atom is 0.324 e. The molecule has 6 rings (SSSR count). The van der Waals surface area contributed by atoms with Crippen molar-refractivity contribution in [2.45, 2.75) is 6.54 Å². The smallest absolute Gasteiger partial charge is 0.324 e. The Labute approximate surface area is 180 Å². The van der Waals surface area contributed by atoms with Crippen LogP contribution in [0.5, 0.6) is 11.8 Å². The van der Waals surface area contributed by atoms with E-state index in [1.807, 2.05) is 24.3 Å². The van der Waals surface area contributed by atoms with Gasteiger partial charge in [-0.1, -0.05) is 18.2 Å². The molecule has 0 bridgehead atoms. The van der Waals surface area contributed by atoms with Crippen molar-refractivity contribution in [1.29, 1.82) is 0 Å². The number of ether oxygens (including phenoxy) is 1. The van der Waals surface area contributed by atoms with Crippen LogP contribution in [0.3, 0.4) is 0 Å². The van der Waals surface area contributed by atoms with Crippen LogP contribution in [0.4, 0.5) is 21.7 Å². The second-order valence-corrected chi connectivity index (χ2v) is 7.37. The van der Waals surface area contributed by atoms with E-state index in [4.69, 9.17) is 15.5 Å². The number of nitrogen functional groups attached to an aromatic ring is 1. The molecular weight excluding hydrogens is 411 g/mol. The van der Waals surface area contributed by atoms with Crippen LogP contribution >= 0.6 is 0 Å². The quantitative estimate of drug-likeness (QED) is 0.339. The van der Waals surface area contributed by atoms with Crippen LogP contribution in [0.25, 0.3) is 33.2 Å². The minimum atomic E-state index is -0.306. The lowest BCUT2D eigenvalue weighted by molar-refractivity contribution is 0.440. The Morgan fingerprint density at radius 2 is 1.94 bits per heavy atom. The molecule has 2 aromatic carbocycles. The SMILES string of the molecule is CNc1cc(F)c2c3c1[nH]c1nc(Oc4cnc(N)nc4)nc(c13)-c1ccccc1NC2. The average Bonchev–Trinajstić information content (AvgIpc) is 3.17. The number of nitrogens with zero attached hydrogens (tertiary/aromatic N) is 4. The van der Waals surface area contributed by atoms with Crippen molar-refractivity contribution in [3.63, 3.8) is 0 Å². The molecule has 0 amide bonds. The normalized spacial score (nSPS) is 12.3. The summed E-state index contributed by atoms with van der Waals surface area (Å²) < 4.78 is 20.9. The summed E-state index contributed by atoms with van der Waals surface area (Å²) in [4.78, 5) is 20.5. The molecule has 5 N–H and O–H groups in total. The number of fused-ring (bicyclic) bond motifs is 2. The van der Waals surface area contributed by atoms with E-state index >= 15 is 4.39 Å². The number of benzene rings is 2. The second-order valence-electron chi connectivity index (χ2n) is 7.37. The summed E-state index contributed by atoms with van der Waals surface area (Å²) in [6.45, 7) is 0.330. The largest absolute Gasteiger partial charge is 0.421 e. The molecule has 0 atom stereocenters. The third-order valence-corrected chi connectivity index (χ3v) is 5.53. The van der Waals surface area contributed by atoms with Crippen molar-refractivity contribution in [2.24, 2.45) is 0 Å². The van der Waals surface area contributed by atoms with Gasteiger partial charge in [0.1, 0.15) is 11.5 Å². The molecule has 0 saturated heterocycles. The number of rotatable bonds is 3. The van der Waals surface area contributed by atoms with Crippen LogP contribution in [0, 0.1) is 5.82 Å². The molecule has 10 heteroatoms. The van der Waals surface area contributed by atoms with Gasteiger partial charge in [0.2, 0.25) is 5.95 Å². The van der Waals surface area contributed by atoms with Crippen LogP contribution in [0.15, 0.2) is 42.7 Å². The van der Waals surface area contributed by atoms with Crippen LogP contribution < -0.4 is 21.1 Å². The molecule has 4 heterocycles. The number of nitrogens with two attached hydrogens (primary N) is 1. The number of hydrogen-bond acceptors (Lipinski definition) is 8. The summed E-state index contributed by atoms with van der Waals surface area (Å²) in [5.74, 6) is 0.183. The Morgan fingerprint density at radius 1 is 1.12 bits per heavy atom. The van der Waals surface area contributed by atoms with Crippen molar-refractivity contribution in [3.8, 4) is 23.0 Å². The highest BCUT2D eigenvalue weighted by molar-refractivity contribution is 6.17. The maximum absolute atomic E-state index is 15.1. The molecule has 0 radical (unpaired) electrons. The molecule has 0 fully saturated rings. The molecule has 32 heavy (non-hydrogen) atoms. The van der Waals surface area contributed by atoms with Crippen molar-refractivity contribution in [1.82, 2.24) is 24.9 Å². The van der Waals surface area contributed by atoms with E-state index in [-0.39, 0.29) is 17.8 Å². The molecule has 0 aliphatic carbocycles. The topological polar surface area (TPSA) is 127 Å². The zero-order chi connectivity index (χ0) is 21.8. The van der Waals surface area contributed by atoms with Crippen LogP contribution in [-0.2, 0) is 6.54 Å². The number of hydrogen-bond donors (Lipinski definition) is 4. The molecule has 0 saturated carbocycles. The molecule has 0 unspecified atom stereocenters. The summed E-state index contributed by atoms with van der Waals surface area (Å²) >= 11 is 0. The van der Waals surface area contributed by atoms with E-state index in [1.165, 1.54) is 18.5 Å². The first-order valence-corrected chi connectivity index (χ1v) is 9.93. The minimum Gasteiger partial charge on any atom is -0.421 e. The van der Waals surface area contributed by atoms with Gasteiger partial charge in [-0.3, -0.25) is 0 Å². The highest BCUT2D eigenvalue weighted by Gasteiger charge is 2.25. The van der Waals surface area contributed by atoms with E-state index in [9.17, 15) is 0 Å². The summed E-state index contributed by atoms with van der Waals surface area (Å²) in [6.07, 6.45) is 2.90. The molecule has 3 aromatic heterocycles. The number of aromatic amines is 1. The van der Waals surface area contributed by atoms with Crippen LogP contribution in [-0.4, -0.2) is 32.0 Å². The van der Waals surface area contributed by atoms with Gasteiger partial charge in [-0.15, -0.1) is 0 Å². The van der Waals surface area contributed by atoms with E-state index in [0.29, 0.717) is 34.9 Å². The first kappa shape index (κ1) is 18.3. The predicted octanol–water partition coefficient (Wildman–Crippen LogP) is 4.05. The van der Waals surface area contributed by atoms with Gasteiger partial charge in [0.15, 0.2) is 5.75 Å². The van der Waals surface area contributed by atoms with E-state index in [1.54, 1.807) is 7.05 Å². The summed E-state index contributed by atoms with van der Waals surface area (Å²) in [5.41, 5.74) is 10.4. The predicted molar refractivity (Wildman–Crippen MR) is 120 cm³/mol. The van der Waals surface area contributed by atoms with E-state index in [2.05, 4.69) is 30.6 Å². The van der Waals surface area contributed by atoms with Gasteiger partial charge in [-0.2, -0.15) is 9.97 Å². The fourth-order valence-electron chi connectivity index (χ4n) is 4.10. The third-order valence-electron chi connectivity index (χ3n) is 5.53. The molecular formula is C22H17FN8O. The Morgan fingerprint density at radius 3 is 2.75 bits per heavy atom. The molecule has 1 aliphatic heterocycles.